The number of nitrogens with zero attached hydrogens (tertiary/aromatic N) is 4. The molecule has 3 N–H and O–H groups in total. The van der Waals surface area contributed by atoms with Crippen molar-refractivity contribution in [2.75, 3.05) is 18.4 Å². The molecule has 3 aromatic rings. The van der Waals surface area contributed by atoms with E-state index in [4.69, 9.17) is 14.6 Å². The zero-order chi connectivity index (χ0) is 24.0. The van der Waals surface area contributed by atoms with Crippen molar-refractivity contribution in [3.05, 3.63) is 54.5 Å². The Hall–Kier alpha value is -3.74. The summed E-state index contributed by atoms with van der Waals surface area (Å²) in [7, 11) is 0. The summed E-state index contributed by atoms with van der Waals surface area (Å²) in [5.41, 5.74) is 1.93. The maximum absolute atomic E-state index is 14.0. The van der Waals surface area contributed by atoms with E-state index >= 15 is 0 Å². The molecule has 0 aliphatic carbocycles. The number of rotatable bonds is 6. The van der Waals surface area contributed by atoms with Crippen molar-refractivity contribution >= 4 is 17.6 Å². The molecule has 1 aliphatic heterocycles. The van der Waals surface area contributed by atoms with Gasteiger partial charge >= 0.3 is 12.1 Å². The van der Waals surface area contributed by atoms with Crippen molar-refractivity contribution in [3.63, 3.8) is 0 Å². The minimum Gasteiger partial charge on any atom is -0.488 e. The van der Waals surface area contributed by atoms with Crippen molar-refractivity contribution < 1.29 is 32.2 Å². The summed E-state index contributed by atoms with van der Waals surface area (Å²) in [5.74, 6) is -2.02. The topological polar surface area (TPSA) is 114 Å². The van der Waals surface area contributed by atoms with Crippen LogP contribution in [0.1, 0.15) is 12.5 Å². The van der Waals surface area contributed by atoms with E-state index in [0.717, 1.165) is 42.7 Å². The molecule has 0 amide bonds. The molecular formula is C20H20F4N6O3. The zero-order valence-electron chi connectivity index (χ0n) is 17.3. The first-order chi connectivity index (χ1) is 15.7. The van der Waals surface area contributed by atoms with E-state index in [2.05, 4.69) is 32.5 Å². The number of aliphatic carboxylic acids is 1. The van der Waals surface area contributed by atoms with Crippen molar-refractivity contribution in [3.8, 4) is 11.6 Å². The van der Waals surface area contributed by atoms with E-state index in [9.17, 15) is 17.6 Å². The Morgan fingerprint density at radius 2 is 2.06 bits per heavy atom. The summed E-state index contributed by atoms with van der Waals surface area (Å²) < 4.78 is 53.2. The summed E-state index contributed by atoms with van der Waals surface area (Å²) in [6.07, 6.45) is 1.82. The molecule has 4 rings (SSSR count). The van der Waals surface area contributed by atoms with E-state index in [-0.39, 0.29) is 11.9 Å². The molecule has 1 aliphatic rings. The van der Waals surface area contributed by atoms with Crippen molar-refractivity contribution in [2.45, 2.75) is 25.6 Å². The normalized spacial score (nSPS) is 13.5. The van der Waals surface area contributed by atoms with Crippen LogP contribution in [0, 0.1) is 5.82 Å². The molecule has 33 heavy (non-hydrogen) atoms. The summed E-state index contributed by atoms with van der Waals surface area (Å²) in [5, 5.41) is 13.5. The number of carbonyl (C=O) groups is 1. The fourth-order valence-electron chi connectivity index (χ4n) is 2.66. The van der Waals surface area contributed by atoms with E-state index in [0.29, 0.717) is 5.95 Å². The molecule has 1 saturated heterocycles. The number of anilines is 2. The molecule has 0 spiro atoms. The Kier molecular flexibility index (Phi) is 7.43. The van der Waals surface area contributed by atoms with Crippen LogP contribution >= 0.6 is 0 Å². The molecular weight excluding hydrogens is 448 g/mol. The molecule has 13 heteroatoms. The van der Waals surface area contributed by atoms with Crippen LogP contribution in [-0.2, 0) is 11.2 Å². The second-order valence-electron chi connectivity index (χ2n) is 6.88. The van der Waals surface area contributed by atoms with Crippen molar-refractivity contribution in [1.82, 2.24) is 24.8 Å². The average molecular weight is 468 g/mol. The maximum atomic E-state index is 14.0. The number of imidazole rings is 1. The zero-order valence-corrected chi connectivity index (χ0v) is 17.3. The van der Waals surface area contributed by atoms with Crippen LogP contribution in [0.2, 0.25) is 0 Å². The predicted octanol–water partition coefficient (Wildman–Crippen LogP) is 3.09. The van der Waals surface area contributed by atoms with Gasteiger partial charge in [0, 0.05) is 37.2 Å². The minimum absolute atomic E-state index is 0.142. The molecule has 0 atom stereocenters. The van der Waals surface area contributed by atoms with Gasteiger partial charge in [-0.15, -0.1) is 0 Å². The first-order valence-corrected chi connectivity index (χ1v) is 9.75. The van der Waals surface area contributed by atoms with Gasteiger partial charge in [0.05, 0.1) is 6.20 Å². The van der Waals surface area contributed by atoms with Gasteiger partial charge in [-0.05, 0) is 24.1 Å². The number of alkyl halides is 3. The van der Waals surface area contributed by atoms with Gasteiger partial charge in [-0.25, -0.2) is 19.2 Å². The number of aryl methyl sites for hydroxylation is 1. The average Bonchev–Trinajstić information content (AvgIpc) is 3.26. The first kappa shape index (κ1) is 23.9. The highest BCUT2D eigenvalue weighted by atomic mass is 19.4. The quantitative estimate of drug-likeness (QED) is 0.473. The van der Waals surface area contributed by atoms with Crippen LogP contribution in [0.4, 0.5) is 29.2 Å². The van der Waals surface area contributed by atoms with Gasteiger partial charge in [0.15, 0.2) is 11.6 Å². The van der Waals surface area contributed by atoms with Crippen LogP contribution in [0.3, 0.4) is 0 Å². The lowest BCUT2D eigenvalue weighted by Crippen LogP contribution is -2.50. The van der Waals surface area contributed by atoms with Gasteiger partial charge in [0.2, 0.25) is 5.95 Å². The number of hydrogen-bond donors (Lipinski definition) is 3. The second kappa shape index (κ2) is 10.3. The lowest BCUT2D eigenvalue weighted by molar-refractivity contribution is -0.192. The summed E-state index contributed by atoms with van der Waals surface area (Å²) in [4.78, 5) is 21.1. The summed E-state index contributed by atoms with van der Waals surface area (Å²) >= 11 is 0. The van der Waals surface area contributed by atoms with Crippen molar-refractivity contribution in [2.24, 2.45) is 0 Å². The molecule has 1 fully saturated rings. The Morgan fingerprint density at radius 1 is 1.33 bits per heavy atom. The van der Waals surface area contributed by atoms with Gasteiger partial charge in [0.25, 0.3) is 0 Å². The van der Waals surface area contributed by atoms with E-state index in [1.807, 2.05) is 18.2 Å². The van der Waals surface area contributed by atoms with Crippen LogP contribution in [0.5, 0.6) is 5.75 Å². The Labute approximate surface area is 185 Å². The van der Waals surface area contributed by atoms with E-state index in [1.54, 1.807) is 12.4 Å². The second-order valence-corrected chi connectivity index (χ2v) is 6.88. The standard InChI is InChI=1S/C18H19FN6O.C2HF3O2/c1-2-12-5-13(7-14(6-12)26-15-8-21-9-15)23-18-22-10-16(19)17(24-18)25-4-3-20-11-25;3-2(4,5)1(6)7/h3-7,10-11,15,21H,2,8-9H2,1H3,(H,22,23,24);(H,6,7). The summed E-state index contributed by atoms with van der Waals surface area (Å²) in [6, 6.07) is 5.95. The molecule has 9 nitrogen and oxygen atoms in total. The van der Waals surface area contributed by atoms with Gasteiger partial charge in [0.1, 0.15) is 18.2 Å². The molecule has 0 saturated carbocycles. The number of ether oxygens (including phenoxy) is 1. The van der Waals surface area contributed by atoms with Crippen LogP contribution in [-0.4, -0.2) is 56.0 Å². The van der Waals surface area contributed by atoms with Crippen LogP contribution in [0.15, 0.2) is 43.1 Å². The van der Waals surface area contributed by atoms with E-state index < -0.39 is 18.0 Å². The molecule has 0 bridgehead atoms. The number of hydrogen-bond acceptors (Lipinski definition) is 7. The van der Waals surface area contributed by atoms with E-state index in [1.165, 1.54) is 10.9 Å². The van der Waals surface area contributed by atoms with Gasteiger partial charge in [-0.3, -0.25) is 4.57 Å². The lowest BCUT2D eigenvalue weighted by atomic mass is 10.1. The minimum atomic E-state index is -5.08. The van der Waals surface area contributed by atoms with Gasteiger partial charge in [-0.1, -0.05) is 6.92 Å². The number of carboxylic acids is 1. The third-order valence-corrected chi connectivity index (χ3v) is 4.39. The smallest absolute Gasteiger partial charge is 0.488 e. The third-order valence-electron chi connectivity index (χ3n) is 4.39. The van der Waals surface area contributed by atoms with Crippen molar-refractivity contribution in [1.29, 1.82) is 0 Å². The highest BCUT2D eigenvalue weighted by Crippen LogP contribution is 2.25. The molecule has 176 valence electrons. The molecule has 0 radical (unpaired) electrons. The largest absolute Gasteiger partial charge is 0.490 e. The molecule has 0 unspecified atom stereocenters. The van der Waals surface area contributed by atoms with Gasteiger partial charge in [-0.2, -0.15) is 18.2 Å². The molecule has 3 heterocycles. The predicted molar refractivity (Wildman–Crippen MR) is 109 cm³/mol. The summed E-state index contributed by atoms with van der Waals surface area (Å²) in [6.45, 7) is 3.79. The fraction of sp³-hybridized carbons (Fsp3) is 0.300. The third kappa shape index (κ3) is 6.62. The molecule has 2 aromatic heterocycles. The lowest BCUT2D eigenvalue weighted by Gasteiger charge is -2.28. The monoisotopic (exact) mass is 468 g/mol. The Morgan fingerprint density at radius 3 is 2.61 bits per heavy atom. The highest BCUT2D eigenvalue weighted by Gasteiger charge is 2.38. The molecule has 1 aromatic carbocycles. The number of benzene rings is 1. The van der Waals surface area contributed by atoms with Gasteiger partial charge < -0.3 is 20.5 Å². The number of nitrogens with one attached hydrogen (secondary N) is 2. The number of carboxylic acid groups (broad SMARTS) is 1. The number of halogens is 4. The highest BCUT2D eigenvalue weighted by molar-refractivity contribution is 5.73. The fourth-order valence-corrected chi connectivity index (χ4v) is 2.66. The number of aromatic nitrogens is 4. The Bertz CT molecular complexity index is 1090. The maximum Gasteiger partial charge on any atom is 0.490 e. The van der Waals surface area contributed by atoms with Crippen LogP contribution in [0.25, 0.3) is 5.82 Å². The first-order valence-electron chi connectivity index (χ1n) is 9.75. The SMILES string of the molecule is CCc1cc(Nc2ncc(F)c(-n3ccnc3)n2)cc(OC2CNC2)c1.O=C(O)C(F)(F)F. The Balaban J connectivity index is 0.000000383. The van der Waals surface area contributed by atoms with Crippen LogP contribution < -0.4 is 15.4 Å².